The molecule has 0 aromatic heterocycles. The zero-order chi connectivity index (χ0) is 11.2. The van der Waals surface area contributed by atoms with Crippen molar-refractivity contribution < 1.29 is 5.11 Å². The summed E-state index contributed by atoms with van der Waals surface area (Å²) >= 11 is 0. The quantitative estimate of drug-likeness (QED) is 0.757. The Labute approximate surface area is 96.7 Å². The van der Waals surface area contributed by atoms with Crippen LogP contribution in [0.25, 0.3) is 0 Å². The number of phenols is 1. The molecule has 0 amide bonds. The number of hydrogen-bond acceptors (Lipinski definition) is 2. The molecule has 1 saturated heterocycles. The van der Waals surface area contributed by atoms with Gasteiger partial charge in [0.2, 0.25) is 0 Å². The smallest absolute Gasteiger partial charge is 0.115 e. The van der Waals surface area contributed by atoms with Crippen LogP contribution in [0.2, 0.25) is 0 Å². The third kappa shape index (κ3) is 1.29. The molecule has 3 rings (SSSR count). The third-order valence-electron chi connectivity index (χ3n) is 4.77. The molecule has 1 aromatic rings. The summed E-state index contributed by atoms with van der Waals surface area (Å²) < 4.78 is 0. The molecule has 0 radical (unpaired) electrons. The van der Waals surface area contributed by atoms with Crippen LogP contribution in [0.5, 0.6) is 5.75 Å². The minimum atomic E-state index is 0.247. The predicted molar refractivity (Wildman–Crippen MR) is 64.6 cm³/mol. The Bertz CT molecular complexity index is 411. The number of benzene rings is 1. The highest BCUT2D eigenvalue weighted by molar-refractivity contribution is 5.37. The van der Waals surface area contributed by atoms with E-state index in [2.05, 4.69) is 18.3 Å². The van der Waals surface area contributed by atoms with Crippen LogP contribution in [-0.2, 0) is 5.41 Å². The first kappa shape index (κ1) is 10.2. The summed E-state index contributed by atoms with van der Waals surface area (Å²) in [5.74, 6) is 0.396. The number of aromatic hydroxyl groups is 1. The second-order valence-corrected chi connectivity index (χ2v) is 5.59. The summed E-state index contributed by atoms with van der Waals surface area (Å²) in [6, 6.07) is 7.85. The van der Waals surface area contributed by atoms with Gasteiger partial charge in [0.15, 0.2) is 0 Å². The van der Waals surface area contributed by atoms with Crippen LogP contribution in [0.3, 0.4) is 0 Å². The van der Waals surface area contributed by atoms with Crippen LogP contribution >= 0.6 is 0 Å². The third-order valence-corrected chi connectivity index (χ3v) is 4.77. The molecule has 1 aromatic carbocycles. The van der Waals surface area contributed by atoms with E-state index in [0.717, 1.165) is 13.1 Å². The predicted octanol–water partition coefficient (Wildman–Crippen LogP) is 2.42. The number of nitrogens with one attached hydrogen (secondary N) is 1. The molecule has 2 heteroatoms. The Morgan fingerprint density at radius 2 is 2.06 bits per heavy atom. The van der Waals surface area contributed by atoms with Gasteiger partial charge in [-0.3, -0.25) is 0 Å². The van der Waals surface area contributed by atoms with Gasteiger partial charge in [0.05, 0.1) is 0 Å². The van der Waals surface area contributed by atoms with Crippen molar-refractivity contribution in [2.45, 2.75) is 31.6 Å². The minimum Gasteiger partial charge on any atom is -0.508 e. The summed E-state index contributed by atoms with van der Waals surface area (Å²) in [6.07, 6.45) is 3.83. The Morgan fingerprint density at radius 3 is 2.75 bits per heavy atom. The van der Waals surface area contributed by atoms with Crippen molar-refractivity contribution in [2.24, 2.45) is 5.41 Å². The fraction of sp³-hybridized carbons (Fsp3) is 0.571. The molecule has 2 fully saturated rings. The van der Waals surface area contributed by atoms with E-state index in [1.165, 1.54) is 24.8 Å². The highest BCUT2D eigenvalue weighted by Crippen LogP contribution is 2.61. The van der Waals surface area contributed by atoms with Crippen molar-refractivity contribution in [3.05, 3.63) is 29.8 Å². The van der Waals surface area contributed by atoms with Crippen molar-refractivity contribution in [1.29, 1.82) is 0 Å². The van der Waals surface area contributed by atoms with Gasteiger partial charge in [0.1, 0.15) is 5.75 Å². The van der Waals surface area contributed by atoms with Crippen molar-refractivity contribution in [2.75, 3.05) is 13.1 Å². The number of piperidine rings is 1. The van der Waals surface area contributed by atoms with E-state index in [-0.39, 0.29) is 5.41 Å². The van der Waals surface area contributed by atoms with E-state index < -0.39 is 0 Å². The van der Waals surface area contributed by atoms with Gasteiger partial charge in [0.25, 0.3) is 0 Å². The summed E-state index contributed by atoms with van der Waals surface area (Å²) in [5, 5.41) is 13.1. The lowest BCUT2D eigenvalue weighted by Crippen LogP contribution is -2.47. The van der Waals surface area contributed by atoms with Gasteiger partial charge < -0.3 is 10.4 Å². The second kappa shape index (κ2) is 3.24. The Hall–Kier alpha value is -1.02. The topological polar surface area (TPSA) is 32.3 Å². The molecule has 1 saturated carbocycles. The molecule has 2 nitrogen and oxygen atoms in total. The molecule has 1 aliphatic carbocycles. The zero-order valence-corrected chi connectivity index (χ0v) is 9.79. The van der Waals surface area contributed by atoms with E-state index in [1.807, 2.05) is 12.1 Å². The lowest BCUT2D eigenvalue weighted by molar-refractivity contribution is 0.196. The van der Waals surface area contributed by atoms with Crippen LogP contribution in [0.1, 0.15) is 31.7 Å². The first-order valence-corrected chi connectivity index (χ1v) is 6.17. The molecule has 2 aliphatic rings. The molecule has 1 spiro atoms. The normalized spacial score (nSPS) is 31.6. The standard InChI is InChI=1S/C14H19NO/c1-13(11-3-2-4-12(16)9-11)7-8-15-10-14(13)5-6-14/h2-4,9,15-16H,5-8,10H2,1H3/t13-/m0/s1. The van der Waals surface area contributed by atoms with E-state index in [4.69, 9.17) is 0 Å². The van der Waals surface area contributed by atoms with Gasteiger partial charge >= 0.3 is 0 Å². The average Bonchev–Trinajstić information content (AvgIpc) is 3.04. The Kier molecular flexibility index (Phi) is 2.05. The average molecular weight is 217 g/mol. The van der Waals surface area contributed by atoms with Gasteiger partial charge in [0, 0.05) is 12.0 Å². The molecule has 16 heavy (non-hydrogen) atoms. The van der Waals surface area contributed by atoms with Crippen LogP contribution in [0.4, 0.5) is 0 Å². The van der Waals surface area contributed by atoms with Crippen LogP contribution in [0.15, 0.2) is 24.3 Å². The van der Waals surface area contributed by atoms with Crippen molar-refractivity contribution in [3.63, 3.8) is 0 Å². The first-order valence-electron chi connectivity index (χ1n) is 6.17. The number of hydrogen-bond donors (Lipinski definition) is 2. The molecule has 2 N–H and O–H groups in total. The summed E-state index contributed by atoms with van der Waals surface area (Å²) in [7, 11) is 0. The summed E-state index contributed by atoms with van der Waals surface area (Å²) in [5.41, 5.74) is 2.02. The van der Waals surface area contributed by atoms with Crippen LogP contribution in [0, 0.1) is 5.41 Å². The SMILES string of the molecule is C[C@@]1(c2cccc(O)c2)CCNCC12CC2. The largest absolute Gasteiger partial charge is 0.508 e. The Balaban J connectivity index is 2.03. The second-order valence-electron chi connectivity index (χ2n) is 5.59. The zero-order valence-electron chi connectivity index (χ0n) is 9.79. The molecule has 0 unspecified atom stereocenters. The molecular formula is C14H19NO. The molecule has 1 aliphatic heterocycles. The van der Waals surface area contributed by atoms with Gasteiger partial charge in [-0.25, -0.2) is 0 Å². The monoisotopic (exact) mass is 217 g/mol. The van der Waals surface area contributed by atoms with E-state index in [1.54, 1.807) is 6.07 Å². The maximum Gasteiger partial charge on any atom is 0.115 e. The van der Waals surface area contributed by atoms with Gasteiger partial charge in [-0.2, -0.15) is 0 Å². The molecule has 1 heterocycles. The van der Waals surface area contributed by atoms with Crippen molar-refractivity contribution in [3.8, 4) is 5.75 Å². The van der Waals surface area contributed by atoms with Gasteiger partial charge in [-0.05, 0) is 48.9 Å². The molecule has 0 bridgehead atoms. The highest BCUT2D eigenvalue weighted by Gasteiger charge is 2.58. The molecule has 86 valence electrons. The number of rotatable bonds is 1. The van der Waals surface area contributed by atoms with Crippen molar-refractivity contribution >= 4 is 0 Å². The van der Waals surface area contributed by atoms with Gasteiger partial charge in [-0.15, -0.1) is 0 Å². The van der Waals surface area contributed by atoms with E-state index in [9.17, 15) is 5.11 Å². The summed E-state index contributed by atoms with van der Waals surface area (Å²) in [6.45, 7) is 4.60. The fourth-order valence-corrected chi connectivity index (χ4v) is 3.31. The highest BCUT2D eigenvalue weighted by atomic mass is 16.3. The van der Waals surface area contributed by atoms with Gasteiger partial charge in [-0.1, -0.05) is 19.1 Å². The van der Waals surface area contributed by atoms with Crippen LogP contribution in [-0.4, -0.2) is 18.2 Å². The van der Waals surface area contributed by atoms with Crippen molar-refractivity contribution in [1.82, 2.24) is 5.32 Å². The van der Waals surface area contributed by atoms with E-state index >= 15 is 0 Å². The maximum absolute atomic E-state index is 9.63. The molecular weight excluding hydrogens is 198 g/mol. The summed E-state index contributed by atoms with van der Waals surface area (Å²) in [4.78, 5) is 0. The molecule has 1 atom stereocenters. The lowest BCUT2D eigenvalue weighted by Gasteiger charge is -2.43. The maximum atomic E-state index is 9.63. The fourth-order valence-electron chi connectivity index (χ4n) is 3.31. The van der Waals surface area contributed by atoms with E-state index in [0.29, 0.717) is 11.2 Å². The first-order chi connectivity index (χ1) is 7.66. The van der Waals surface area contributed by atoms with Crippen LogP contribution < -0.4 is 5.32 Å². The minimum absolute atomic E-state index is 0.247. The lowest BCUT2D eigenvalue weighted by atomic mass is 9.65. The number of phenolic OH excluding ortho intramolecular Hbond substituents is 1. The Morgan fingerprint density at radius 1 is 1.25 bits per heavy atom.